The van der Waals surface area contributed by atoms with Crippen molar-refractivity contribution < 1.29 is 4.42 Å². The molecule has 0 fully saturated rings. The van der Waals surface area contributed by atoms with E-state index in [0.29, 0.717) is 0 Å². The van der Waals surface area contributed by atoms with Crippen LogP contribution >= 0.6 is 0 Å². The molecule has 0 N–H and O–H groups in total. The lowest BCUT2D eigenvalue weighted by atomic mass is 9.95. The fourth-order valence-corrected chi connectivity index (χ4v) is 2.51. The number of aryl methyl sites for hydroxylation is 2. The van der Waals surface area contributed by atoms with Crippen molar-refractivity contribution in [3.8, 4) is 0 Å². The van der Waals surface area contributed by atoms with E-state index in [1.807, 2.05) is 36.0 Å². The molecule has 0 saturated heterocycles. The molecular formula is C16H18N4O. The second-order valence-corrected chi connectivity index (χ2v) is 5.27. The Morgan fingerprint density at radius 3 is 2.67 bits per heavy atom. The Labute approximate surface area is 123 Å². The highest BCUT2D eigenvalue weighted by atomic mass is 16.3. The molecule has 2 unspecified atom stereocenters. The van der Waals surface area contributed by atoms with Crippen molar-refractivity contribution in [1.82, 2.24) is 20.0 Å². The Morgan fingerprint density at radius 2 is 2.05 bits per heavy atom. The van der Waals surface area contributed by atoms with Crippen LogP contribution in [0.1, 0.15) is 41.6 Å². The summed E-state index contributed by atoms with van der Waals surface area (Å²) >= 11 is 0. The van der Waals surface area contributed by atoms with E-state index in [-0.39, 0.29) is 12.0 Å². The van der Waals surface area contributed by atoms with E-state index in [9.17, 15) is 0 Å². The van der Waals surface area contributed by atoms with Gasteiger partial charge in [-0.2, -0.15) is 0 Å². The van der Waals surface area contributed by atoms with Crippen LogP contribution in [0.2, 0.25) is 0 Å². The first-order chi connectivity index (χ1) is 10.2. The van der Waals surface area contributed by atoms with Gasteiger partial charge in [0, 0.05) is 17.8 Å². The average Bonchev–Trinajstić information content (AvgIpc) is 3.15. The smallest absolute Gasteiger partial charge is 0.109 e. The fourth-order valence-electron chi connectivity index (χ4n) is 2.51. The maximum Gasteiger partial charge on any atom is 0.109 e. The monoisotopic (exact) mass is 282 g/mol. The molecule has 108 valence electrons. The Hall–Kier alpha value is -2.43. The molecule has 5 heteroatoms. The zero-order chi connectivity index (χ0) is 14.8. The summed E-state index contributed by atoms with van der Waals surface area (Å²) in [6.07, 6.45) is 5.24. The van der Waals surface area contributed by atoms with E-state index in [4.69, 9.17) is 9.40 Å². The average molecular weight is 282 g/mol. The maximum absolute atomic E-state index is 5.56. The first-order valence-corrected chi connectivity index (χ1v) is 7.00. The molecule has 3 aromatic rings. The third kappa shape index (κ3) is 2.59. The number of hydrogen-bond acceptors (Lipinski definition) is 4. The Balaban J connectivity index is 2.06. The molecule has 0 aliphatic rings. The second kappa shape index (κ2) is 5.52. The van der Waals surface area contributed by atoms with Gasteiger partial charge in [-0.25, -0.2) is 4.68 Å². The van der Waals surface area contributed by atoms with Gasteiger partial charge in [0.25, 0.3) is 0 Å². The molecule has 0 spiro atoms. The summed E-state index contributed by atoms with van der Waals surface area (Å²) in [5.41, 5.74) is 3.18. The van der Waals surface area contributed by atoms with Crippen LogP contribution in [0.4, 0.5) is 0 Å². The van der Waals surface area contributed by atoms with E-state index < -0.39 is 0 Å². The molecule has 0 saturated carbocycles. The zero-order valence-electron chi connectivity index (χ0n) is 12.4. The summed E-state index contributed by atoms with van der Waals surface area (Å²) in [5, 5.41) is 8.09. The lowest BCUT2D eigenvalue weighted by molar-refractivity contribution is 0.376. The van der Waals surface area contributed by atoms with Crippen molar-refractivity contribution in [2.24, 2.45) is 0 Å². The van der Waals surface area contributed by atoms with Gasteiger partial charge in [-0.1, -0.05) is 18.2 Å². The minimum atomic E-state index is -0.0436. The standard InChI is InChI=1S/C16H18N4O/c1-11-6-7-14(18-13(11)3)16(20-9-8-17-19-20)12(2)15-5-4-10-21-15/h4-10,12,16H,1-3H3. The maximum atomic E-state index is 5.56. The number of furan rings is 1. The third-order valence-electron chi connectivity index (χ3n) is 3.87. The van der Waals surface area contributed by atoms with E-state index >= 15 is 0 Å². The summed E-state index contributed by atoms with van der Waals surface area (Å²) in [5.74, 6) is 1.02. The quantitative estimate of drug-likeness (QED) is 0.737. The second-order valence-electron chi connectivity index (χ2n) is 5.27. The molecule has 3 rings (SSSR count). The van der Waals surface area contributed by atoms with Crippen LogP contribution in [0.15, 0.2) is 47.3 Å². The summed E-state index contributed by atoms with van der Waals surface area (Å²) in [4.78, 5) is 4.73. The normalized spacial score (nSPS) is 14.0. The molecule has 3 heterocycles. The lowest BCUT2D eigenvalue weighted by Gasteiger charge is -2.22. The molecule has 0 aliphatic carbocycles. The van der Waals surface area contributed by atoms with Gasteiger partial charge in [-0.05, 0) is 37.6 Å². The van der Waals surface area contributed by atoms with Crippen molar-refractivity contribution in [1.29, 1.82) is 0 Å². The highest BCUT2D eigenvalue weighted by Gasteiger charge is 2.26. The molecule has 3 aromatic heterocycles. The summed E-state index contributed by atoms with van der Waals surface area (Å²) < 4.78 is 7.40. The first kappa shape index (κ1) is 13.5. The number of nitrogens with zero attached hydrogens (tertiary/aromatic N) is 4. The topological polar surface area (TPSA) is 56.7 Å². The van der Waals surface area contributed by atoms with Crippen LogP contribution in [-0.4, -0.2) is 20.0 Å². The van der Waals surface area contributed by atoms with Crippen LogP contribution in [0.5, 0.6) is 0 Å². The third-order valence-corrected chi connectivity index (χ3v) is 3.87. The predicted molar refractivity (Wildman–Crippen MR) is 79.0 cm³/mol. The van der Waals surface area contributed by atoms with Crippen LogP contribution in [-0.2, 0) is 0 Å². The Morgan fingerprint density at radius 1 is 1.19 bits per heavy atom. The largest absolute Gasteiger partial charge is 0.469 e. The molecule has 5 nitrogen and oxygen atoms in total. The van der Waals surface area contributed by atoms with E-state index in [0.717, 1.165) is 17.1 Å². The van der Waals surface area contributed by atoms with Gasteiger partial charge >= 0.3 is 0 Å². The van der Waals surface area contributed by atoms with Gasteiger partial charge in [0.05, 0.1) is 18.2 Å². The van der Waals surface area contributed by atoms with E-state index in [1.165, 1.54) is 5.56 Å². The summed E-state index contributed by atoms with van der Waals surface area (Å²) in [6.45, 7) is 6.20. The lowest BCUT2D eigenvalue weighted by Crippen LogP contribution is -2.19. The Kier molecular flexibility index (Phi) is 3.56. The van der Waals surface area contributed by atoms with Crippen LogP contribution in [0.3, 0.4) is 0 Å². The SMILES string of the molecule is Cc1ccc(C(C(C)c2ccco2)n2ccnn2)nc1C. The molecule has 0 bridgehead atoms. The summed E-state index contributed by atoms with van der Waals surface area (Å²) in [6, 6.07) is 7.98. The minimum absolute atomic E-state index is 0.0436. The number of hydrogen-bond donors (Lipinski definition) is 0. The molecule has 21 heavy (non-hydrogen) atoms. The zero-order valence-corrected chi connectivity index (χ0v) is 12.4. The van der Waals surface area contributed by atoms with Gasteiger partial charge in [-0.3, -0.25) is 4.98 Å². The van der Waals surface area contributed by atoms with Crippen molar-refractivity contribution in [2.75, 3.05) is 0 Å². The fraction of sp³-hybridized carbons (Fsp3) is 0.312. The van der Waals surface area contributed by atoms with Crippen molar-refractivity contribution in [2.45, 2.75) is 32.7 Å². The van der Waals surface area contributed by atoms with Gasteiger partial charge in [0.15, 0.2) is 0 Å². The number of rotatable bonds is 4. The van der Waals surface area contributed by atoms with Gasteiger partial charge in [-0.15, -0.1) is 5.10 Å². The van der Waals surface area contributed by atoms with Gasteiger partial charge < -0.3 is 4.42 Å². The molecule has 0 aliphatic heterocycles. The highest BCUT2D eigenvalue weighted by molar-refractivity contribution is 5.25. The highest BCUT2D eigenvalue weighted by Crippen LogP contribution is 2.33. The van der Waals surface area contributed by atoms with Crippen LogP contribution in [0.25, 0.3) is 0 Å². The van der Waals surface area contributed by atoms with Crippen molar-refractivity contribution in [3.63, 3.8) is 0 Å². The van der Waals surface area contributed by atoms with E-state index in [1.54, 1.807) is 12.5 Å². The minimum Gasteiger partial charge on any atom is -0.469 e. The van der Waals surface area contributed by atoms with E-state index in [2.05, 4.69) is 30.2 Å². The van der Waals surface area contributed by atoms with Crippen molar-refractivity contribution >= 4 is 0 Å². The molecular weight excluding hydrogens is 264 g/mol. The molecule has 2 atom stereocenters. The molecule has 0 amide bonds. The predicted octanol–water partition coefficient (Wildman–Crippen LogP) is 3.28. The van der Waals surface area contributed by atoms with Crippen LogP contribution < -0.4 is 0 Å². The van der Waals surface area contributed by atoms with Crippen LogP contribution in [0, 0.1) is 13.8 Å². The number of pyridine rings is 1. The van der Waals surface area contributed by atoms with Crippen molar-refractivity contribution in [3.05, 3.63) is 65.6 Å². The summed E-state index contributed by atoms with van der Waals surface area (Å²) in [7, 11) is 0. The molecule has 0 radical (unpaired) electrons. The van der Waals surface area contributed by atoms with Gasteiger partial charge in [0.2, 0.25) is 0 Å². The number of aromatic nitrogens is 4. The Bertz CT molecular complexity index is 704. The van der Waals surface area contributed by atoms with Gasteiger partial charge in [0.1, 0.15) is 11.8 Å². The first-order valence-electron chi connectivity index (χ1n) is 7.00. The molecule has 0 aromatic carbocycles.